The van der Waals surface area contributed by atoms with Gasteiger partial charge in [-0.3, -0.25) is 4.79 Å². The summed E-state index contributed by atoms with van der Waals surface area (Å²) in [6, 6.07) is 20.5. The average Bonchev–Trinajstić information content (AvgIpc) is 2.85. The number of benzene rings is 3. The van der Waals surface area contributed by atoms with Gasteiger partial charge in [-0.25, -0.2) is 0 Å². The fourth-order valence-corrected chi connectivity index (χ4v) is 4.12. The summed E-state index contributed by atoms with van der Waals surface area (Å²) in [4.78, 5) is 19.9. The van der Waals surface area contributed by atoms with Crippen molar-refractivity contribution in [2.75, 3.05) is 60.3 Å². The molecule has 3 rings (SSSR count). The van der Waals surface area contributed by atoms with Crippen LogP contribution in [0.25, 0.3) is 17.2 Å². The van der Waals surface area contributed by atoms with Gasteiger partial charge >= 0.3 is 0 Å². The van der Waals surface area contributed by atoms with Gasteiger partial charge in [0.1, 0.15) is 5.75 Å². The number of allylic oxidation sites excluding steroid dienone is 1. The van der Waals surface area contributed by atoms with Gasteiger partial charge in [0.15, 0.2) is 5.78 Å². The number of rotatable bonds is 11. The molecule has 3 aromatic carbocycles. The summed E-state index contributed by atoms with van der Waals surface area (Å²) < 4.78 is 5.40. The van der Waals surface area contributed by atoms with Crippen LogP contribution in [0.1, 0.15) is 27.0 Å². The fourth-order valence-electron chi connectivity index (χ4n) is 4.12. The van der Waals surface area contributed by atoms with Crippen molar-refractivity contribution in [3.05, 3.63) is 89.0 Å². The van der Waals surface area contributed by atoms with Crippen LogP contribution in [0.5, 0.6) is 5.75 Å². The number of carbonyl (C=O) groups excluding carboxylic acids is 1. The minimum Gasteiger partial charge on any atom is -0.497 e. The van der Waals surface area contributed by atoms with Crippen LogP contribution < -0.4 is 9.64 Å². The minimum absolute atomic E-state index is 0.0145. The van der Waals surface area contributed by atoms with Gasteiger partial charge in [0, 0.05) is 37.9 Å². The van der Waals surface area contributed by atoms with E-state index in [0.29, 0.717) is 5.56 Å². The molecule has 0 fully saturated rings. The smallest absolute Gasteiger partial charge is 0.185 e. The number of hydrogen-bond acceptors (Lipinski definition) is 5. The first-order chi connectivity index (χ1) is 17.2. The SMILES string of the molecule is COc1ccc(C=CC(=O)c2cc(-c3ccccc3C)cc(N(C)CCN(C)C)c2)c(CN(C)C)c1. The van der Waals surface area contributed by atoms with Gasteiger partial charge in [0.05, 0.1) is 7.11 Å². The second kappa shape index (κ2) is 12.5. The third kappa shape index (κ3) is 7.30. The maximum atomic E-state index is 13.4. The van der Waals surface area contributed by atoms with E-state index in [-0.39, 0.29) is 5.78 Å². The summed E-state index contributed by atoms with van der Waals surface area (Å²) in [5.74, 6) is 0.797. The van der Waals surface area contributed by atoms with Crippen molar-refractivity contribution in [1.29, 1.82) is 0 Å². The Bertz CT molecular complexity index is 1210. The predicted molar refractivity (Wildman–Crippen MR) is 152 cm³/mol. The number of ketones is 1. The first kappa shape index (κ1) is 27.2. The Kier molecular flexibility index (Phi) is 9.45. The maximum absolute atomic E-state index is 13.4. The molecular formula is C31H39N3O2. The molecule has 36 heavy (non-hydrogen) atoms. The quantitative estimate of drug-likeness (QED) is 0.260. The number of nitrogens with zero attached hydrogens (tertiary/aromatic N) is 3. The largest absolute Gasteiger partial charge is 0.497 e. The Hall–Kier alpha value is -3.41. The van der Waals surface area contributed by atoms with E-state index in [4.69, 9.17) is 4.74 Å². The molecule has 190 valence electrons. The summed E-state index contributed by atoms with van der Waals surface area (Å²) in [6.45, 7) is 4.66. The Balaban J connectivity index is 1.98. The number of aryl methyl sites for hydroxylation is 1. The fraction of sp³-hybridized carbons (Fsp3) is 0.323. The number of carbonyl (C=O) groups is 1. The normalized spacial score (nSPS) is 11.5. The summed E-state index contributed by atoms with van der Waals surface area (Å²) in [7, 11) is 12.0. The van der Waals surface area contributed by atoms with Crippen LogP contribution in [0.15, 0.2) is 66.7 Å². The molecule has 0 N–H and O–H groups in total. The molecule has 0 aromatic heterocycles. The average molecular weight is 486 g/mol. The van der Waals surface area contributed by atoms with Crippen molar-refractivity contribution >= 4 is 17.5 Å². The lowest BCUT2D eigenvalue weighted by atomic mass is 9.96. The van der Waals surface area contributed by atoms with Crippen molar-refractivity contribution < 1.29 is 9.53 Å². The lowest BCUT2D eigenvalue weighted by Gasteiger charge is -2.23. The first-order valence-corrected chi connectivity index (χ1v) is 12.3. The van der Waals surface area contributed by atoms with Crippen LogP contribution in [0, 0.1) is 6.92 Å². The maximum Gasteiger partial charge on any atom is 0.185 e. The zero-order valence-electron chi connectivity index (χ0n) is 22.7. The standard InChI is InChI=1S/C31H39N3O2/c1-23-10-8-9-11-30(23)25-18-26(20-28(19-25)34(6)17-16-32(2)3)31(35)15-13-24-12-14-29(36-7)21-27(24)22-33(4)5/h8-15,18-21H,16-17,22H2,1-7H3. The van der Waals surface area contributed by atoms with Gasteiger partial charge in [-0.15, -0.1) is 0 Å². The van der Waals surface area contributed by atoms with E-state index in [1.54, 1.807) is 13.2 Å². The molecule has 0 saturated heterocycles. The van der Waals surface area contributed by atoms with E-state index in [0.717, 1.165) is 53.3 Å². The molecule has 3 aromatic rings. The zero-order chi connectivity index (χ0) is 26.2. The molecule has 0 aliphatic carbocycles. The summed E-state index contributed by atoms with van der Waals surface area (Å²) in [5.41, 5.74) is 7.22. The Morgan fingerprint density at radius 3 is 2.31 bits per heavy atom. The molecule has 0 bridgehead atoms. The third-order valence-electron chi connectivity index (χ3n) is 6.23. The molecule has 0 amide bonds. The molecular weight excluding hydrogens is 446 g/mol. The van der Waals surface area contributed by atoms with Gasteiger partial charge in [-0.2, -0.15) is 0 Å². The van der Waals surface area contributed by atoms with Crippen LogP contribution in [-0.2, 0) is 6.54 Å². The van der Waals surface area contributed by atoms with Crippen LogP contribution in [0.3, 0.4) is 0 Å². The number of anilines is 1. The van der Waals surface area contributed by atoms with Crippen molar-refractivity contribution in [2.24, 2.45) is 0 Å². The molecule has 0 spiro atoms. The summed E-state index contributed by atoms with van der Waals surface area (Å²) in [5, 5.41) is 0. The second-order valence-electron chi connectivity index (χ2n) is 9.81. The van der Waals surface area contributed by atoms with Crippen LogP contribution in [0.4, 0.5) is 5.69 Å². The van der Waals surface area contributed by atoms with E-state index in [1.165, 1.54) is 5.56 Å². The van der Waals surface area contributed by atoms with Crippen molar-refractivity contribution in [3.8, 4) is 16.9 Å². The molecule has 0 atom stereocenters. The topological polar surface area (TPSA) is 36.0 Å². The molecule has 0 unspecified atom stereocenters. The number of methoxy groups -OCH3 is 1. The predicted octanol–water partition coefficient (Wildman–Crippen LogP) is 5.63. The minimum atomic E-state index is -0.0145. The number of ether oxygens (including phenoxy) is 1. The van der Waals surface area contributed by atoms with E-state index in [2.05, 4.69) is 61.0 Å². The molecule has 5 heteroatoms. The monoisotopic (exact) mass is 485 g/mol. The Labute approximate surface area is 216 Å². The van der Waals surface area contributed by atoms with E-state index in [1.807, 2.05) is 62.6 Å². The molecule has 5 nitrogen and oxygen atoms in total. The summed E-state index contributed by atoms with van der Waals surface area (Å²) in [6.07, 6.45) is 3.60. The highest BCUT2D eigenvalue weighted by Gasteiger charge is 2.13. The molecule has 0 heterocycles. The molecule has 0 saturated carbocycles. The van der Waals surface area contributed by atoms with Crippen molar-refractivity contribution in [2.45, 2.75) is 13.5 Å². The number of likely N-dealkylation sites (N-methyl/N-ethyl adjacent to an activating group) is 2. The van der Waals surface area contributed by atoms with Gasteiger partial charge in [0.25, 0.3) is 0 Å². The number of hydrogen-bond donors (Lipinski definition) is 0. The lowest BCUT2D eigenvalue weighted by molar-refractivity contribution is 0.104. The zero-order valence-corrected chi connectivity index (χ0v) is 22.7. The second-order valence-corrected chi connectivity index (χ2v) is 9.81. The van der Waals surface area contributed by atoms with Crippen LogP contribution in [0.2, 0.25) is 0 Å². The van der Waals surface area contributed by atoms with E-state index in [9.17, 15) is 4.79 Å². The highest BCUT2D eigenvalue weighted by atomic mass is 16.5. The van der Waals surface area contributed by atoms with Crippen molar-refractivity contribution in [1.82, 2.24) is 9.80 Å². The van der Waals surface area contributed by atoms with Crippen LogP contribution >= 0.6 is 0 Å². The van der Waals surface area contributed by atoms with Gasteiger partial charge in [-0.05, 0) is 99.3 Å². The summed E-state index contributed by atoms with van der Waals surface area (Å²) >= 11 is 0. The lowest BCUT2D eigenvalue weighted by Crippen LogP contribution is -2.28. The van der Waals surface area contributed by atoms with Gasteiger partial charge in [0.2, 0.25) is 0 Å². The Morgan fingerprint density at radius 1 is 0.889 bits per heavy atom. The first-order valence-electron chi connectivity index (χ1n) is 12.3. The third-order valence-corrected chi connectivity index (χ3v) is 6.23. The van der Waals surface area contributed by atoms with Crippen LogP contribution in [-0.4, -0.2) is 71.0 Å². The molecule has 0 aliphatic rings. The van der Waals surface area contributed by atoms with Gasteiger partial charge in [-0.1, -0.05) is 36.4 Å². The molecule has 0 aliphatic heterocycles. The Morgan fingerprint density at radius 2 is 1.64 bits per heavy atom. The highest BCUT2D eigenvalue weighted by molar-refractivity contribution is 6.08. The molecule has 0 radical (unpaired) electrons. The van der Waals surface area contributed by atoms with Gasteiger partial charge < -0.3 is 19.4 Å². The van der Waals surface area contributed by atoms with Crippen molar-refractivity contribution in [3.63, 3.8) is 0 Å². The van der Waals surface area contributed by atoms with E-state index < -0.39 is 0 Å². The van der Waals surface area contributed by atoms with E-state index >= 15 is 0 Å². The highest BCUT2D eigenvalue weighted by Crippen LogP contribution is 2.29.